The van der Waals surface area contributed by atoms with Gasteiger partial charge >= 0.3 is 0 Å². The SMILES string of the molecule is CC(CCN1C(=CC=CC=CC2=[N+](CS(=O)(=O)[O-])c3ccc4ccccc4c3C2(C)C)C(C)(C)c2ccccc21)S(=O)(=O)[O-]. The molecule has 0 amide bonds. The Balaban J connectivity index is 1.49. The van der Waals surface area contributed by atoms with Crippen molar-refractivity contribution >= 4 is 48.1 Å². The predicted molar refractivity (Wildman–Crippen MR) is 173 cm³/mol. The van der Waals surface area contributed by atoms with Gasteiger partial charge in [0.25, 0.3) is 0 Å². The third-order valence-electron chi connectivity index (χ3n) is 8.82. The molecule has 3 aromatic carbocycles. The van der Waals surface area contributed by atoms with E-state index in [1.807, 2.05) is 98.8 Å². The molecule has 3 aromatic rings. The molecule has 0 fully saturated rings. The number of anilines is 1. The Morgan fingerprint density at radius 2 is 1.55 bits per heavy atom. The molecule has 232 valence electrons. The first-order valence-electron chi connectivity index (χ1n) is 14.5. The van der Waals surface area contributed by atoms with Crippen LogP contribution in [-0.4, -0.2) is 53.9 Å². The van der Waals surface area contributed by atoms with Crippen LogP contribution in [0.5, 0.6) is 0 Å². The molecule has 0 radical (unpaired) electrons. The number of nitrogens with zero attached hydrogens (tertiary/aromatic N) is 2. The summed E-state index contributed by atoms with van der Waals surface area (Å²) in [6.45, 7) is 10.1. The van der Waals surface area contributed by atoms with Gasteiger partial charge in [0.2, 0.25) is 11.6 Å². The smallest absolute Gasteiger partial charge is 0.237 e. The Bertz CT molecular complexity index is 1970. The summed E-state index contributed by atoms with van der Waals surface area (Å²) in [4.78, 5) is 2.07. The van der Waals surface area contributed by atoms with Crippen molar-refractivity contribution in [2.75, 3.05) is 17.3 Å². The molecule has 0 saturated carbocycles. The summed E-state index contributed by atoms with van der Waals surface area (Å²) in [6, 6.07) is 19.7. The first-order chi connectivity index (χ1) is 20.5. The maximum absolute atomic E-state index is 12.0. The second-order valence-electron chi connectivity index (χ2n) is 12.5. The molecule has 0 aromatic heterocycles. The molecule has 0 saturated heterocycles. The molecule has 0 aliphatic carbocycles. The van der Waals surface area contributed by atoms with Crippen LogP contribution in [0.25, 0.3) is 10.8 Å². The average Bonchev–Trinajstić information content (AvgIpc) is 3.28. The zero-order valence-electron chi connectivity index (χ0n) is 25.5. The summed E-state index contributed by atoms with van der Waals surface area (Å²) in [5, 5.41) is 1.04. The van der Waals surface area contributed by atoms with Crippen LogP contribution >= 0.6 is 0 Å². The van der Waals surface area contributed by atoms with Gasteiger partial charge in [-0.25, -0.2) is 16.8 Å². The van der Waals surface area contributed by atoms with E-state index in [9.17, 15) is 25.9 Å². The lowest BCUT2D eigenvalue weighted by molar-refractivity contribution is -0.416. The Morgan fingerprint density at radius 1 is 0.864 bits per heavy atom. The maximum Gasteiger partial charge on any atom is 0.237 e. The van der Waals surface area contributed by atoms with Crippen LogP contribution in [0.2, 0.25) is 0 Å². The summed E-state index contributed by atoms with van der Waals surface area (Å²) in [5.41, 5.74) is 4.48. The highest BCUT2D eigenvalue weighted by Gasteiger charge is 2.46. The van der Waals surface area contributed by atoms with E-state index in [2.05, 4.69) is 24.8 Å². The van der Waals surface area contributed by atoms with E-state index < -0.39 is 36.8 Å². The van der Waals surface area contributed by atoms with Gasteiger partial charge in [0, 0.05) is 46.3 Å². The van der Waals surface area contributed by atoms with Gasteiger partial charge in [-0.15, -0.1) is 0 Å². The lowest BCUT2D eigenvalue weighted by Gasteiger charge is -2.28. The monoisotopic (exact) mass is 633 g/mol. The van der Waals surface area contributed by atoms with Gasteiger partial charge in [-0.3, -0.25) is 0 Å². The largest absolute Gasteiger partial charge is 0.748 e. The van der Waals surface area contributed by atoms with E-state index in [4.69, 9.17) is 0 Å². The van der Waals surface area contributed by atoms with Gasteiger partial charge in [-0.2, -0.15) is 4.58 Å². The number of fused-ring (bicyclic) bond motifs is 4. The molecule has 0 spiro atoms. The molecule has 2 heterocycles. The van der Waals surface area contributed by atoms with Crippen LogP contribution in [-0.2, 0) is 31.1 Å². The Labute approximate surface area is 260 Å². The molecule has 44 heavy (non-hydrogen) atoms. The maximum atomic E-state index is 12.0. The fraction of sp³-hybridized carbons (Fsp3) is 0.324. The quantitative estimate of drug-likeness (QED) is 0.165. The second-order valence-corrected chi connectivity index (χ2v) is 15.7. The Hall–Kier alpha value is -3.57. The topological polar surface area (TPSA) is 121 Å². The van der Waals surface area contributed by atoms with Crippen molar-refractivity contribution in [3.05, 3.63) is 108 Å². The molecule has 0 N–H and O–H groups in total. The number of para-hydroxylation sites is 1. The van der Waals surface area contributed by atoms with Gasteiger partial charge in [0.1, 0.15) is 0 Å². The third kappa shape index (κ3) is 5.91. The van der Waals surface area contributed by atoms with Gasteiger partial charge in [0.15, 0.2) is 15.8 Å². The molecular formula is C34H37N2O6S2-. The minimum absolute atomic E-state index is 0.193. The van der Waals surface area contributed by atoms with Gasteiger partial charge in [0.05, 0.1) is 15.5 Å². The van der Waals surface area contributed by atoms with Crippen molar-refractivity contribution in [3.63, 3.8) is 0 Å². The Kier molecular flexibility index (Phi) is 8.26. The van der Waals surface area contributed by atoms with Gasteiger partial charge in [-0.1, -0.05) is 74.5 Å². The van der Waals surface area contributed by atoms with Crippen LogP contribution in [0.4, 0.5) is 11.4 Å². The summed E-state index contributed by atoms with van der Waals surface area (Å²) < 4.78 is 72.2. The number of hydrogen-bond donors (Lipinski definition) is 0. The van der Waals surface area contributed by atoms with E-state index >= 15 is 0 Å². The zero-order chi connectivity index (χ0) is 32.1. The number of benzene rings is 3. The lowest BCUT2D eigenvalue weighted by atomic mass is 9.79. The van der Waals surface area contributed by atoms with Crippen LogP contribution in [0, 0.1) is 0 Å². The van der Waals surface area contributed by atoms with Crippen molar-refractivity contribution in [1.82, 2.24) is 0 Å². The van der Waals surface area contributed by atoms with E-state index in [0.717, 1.165) is 33.3 Å². The second kappa shape index (κ2) is 11.4. The number of hydrogen-bond acceptors (Lipinski definition) is 7. The molecule has 0 bridgehead atoms. The van der Waals surface area contributed by atoms with Crippen molar-refractivity contribution in [3.8, 4) is 0 Å². The molecule has 8 nitrogen and oxygen atoms in total. The van der Waals surface area contributed by atoms with Crippen molar-refractivity contribution in [1.29, 1.82) is 0 Å². The third-order valence-corrected chi connectivity index (χ3v) is 10.6. The highest BCUT2D eigenvalue weighted by Crippen LogP contribution is 2.48. The van der Waals surface area contributed by atoms with E-state index in [1.54, 1.807) is 4.58 Å². The fourth-order valence-electron chi connectivity index (χ4n) is 6.53. The van der Waals surface area contributed by atoms with Crippen molar-refractivity contribution < 1.29 is 30.5 Å². The molecule has 1 unspecified atom stereocenters. The summed E-state index contributed by atoms with van der Waals surface area (Å²) in [7, 11) is -8.96. The van der Waals surface area contributed by atoms with Crippen LogP contribution < -0.4 is 4.90 Å². The molecule has 2 aliphatic rings. The normalized spacial score (nSPS) is 19.4. The van der Waals surface area contributed by atoms with Crippen molar-refractivity contribution in [2.45, 2.75) is 57.1 Å². The average molecular weight is 634 g/mol. The first-order valence-corrected chi connectivity index (χ1v) is 17.6. The minimum Gasteiger partial charge on any atom is -0.748 e. The van der Waals surface area contributed by atoms with E-state index in [1.165, 1.54) is 6.92 Å². The first kappa shape index (κ1) is 31.8. The lowest BCUT2D eigenvalue weighted by Crippen LogP contribution is -2.30. The van der Waals surface area contributed by atoms with Gasteiger partial charge in [-0.05, 0) is 61.7 Å². The highest BCUT2D eigenvalue weighted by molar-refractivity contribution is 7.86. The fourth-order valence-corrected chi connectivity index (χ4v) is 7.52. The van der Waals surface area contributed by atoms with Crippen LogP contribution in [0.1, 0.15) is 52.2 Å². The van der Waals surface area contributed by atoms with E-state index in [0.29, 0.717) is 17.9 Å². The Morgan fingerprint density at radius 3 is 2.25 bits per heavy atom. The van der Waals surface area contributed by atoms with E-state index in [-0.39, 0.29) is 11.8 Å². The summed E-state index contributed by atoms with van der Waals surface area (Å²) in [5.74, 6) is -0.673. The molecule has 5 rings (SSSR count). The zero-order valence-corrected chi connectivity index (χ0v) is 27.2. The molecule has 2 aliphatic heterocycles. The molecule has 1 atom stereocenters. The van der Waals surface area contributed by atoms with Crippen LogP contribution in [0.15, 0.2) is 96.7 Å². The van der Waals surface area contributed by atoms with Crippen molar-refractivity contribution in [2.24, 2.45) is 0 Å². The standard InChI is InChI=1S/C34H38N2O6S2/c1-24(44(40,41)42)21-22-35-28-16-12-11-15-27(28)33(2,3)30(35)17-7-6-8-18-31-34(4,5)32-26-14-10-9-13-25(26)19-20-29(32)36(31)23-43(37,38)39/h6-20,24H,21-23H2,1-5H3,(H-,37,38,39,40,41,42)/p-1. The number of allylic oxidation sites excluding steroid dienone is 6. The molecule has 10 heteroatoms. The minimum atomic E-state index is -4.57. The molecular weight excluding hydrogens is 597 g/mol. The van der Waals surface area contributed by atoms with Crippen LogP contribution in [0.3, 0.4) is 0 Å². The number of rotatable bonds is 9. The summed E-state index contributed by atoms with van der Waals surface area (Å²) in [6.07, 6.45) is 9.59. The van der Waals surface area contributed by atoms with Gasteiger partial charge < -0.3 is 14.0 Å². The summed E-state index contributed by atoms with van der Waals surface area (Å²) >= 11 is 0. The highest BCUT2D eigenvalue weighted by atomic mass is 32.2. The predicted octanol–water partition coefficient (Wildman–Crippen LogP) is 5.84.